The Labute approximate surface area is 150 Å². The number of rotatable bonds is 5. The van der Waals surface area contributed by atoms with Gasteiger partial charge in [0.05, 0.1) is 6.54 Å². The molecule has 0 fully saturated rings. The topological polar surface area (TPSA) is 50.4 Å². The SMILES string of the molecule is Cc1cccc(C)c1NC(=O)NCCOc1cccc(C(C)(C)C)c1. The molecule has 0 atom stereocenters. The minimum atomic E-state index is -0.218. The van der Waals surface area contributed by atoms with Crippen molar-refractivity contribution in [3.05, 3.63) is 59.2 Å². The van der Waals surface area contributed by atoms with Gasteiger partial charge < -0.3 is 15.4 Å². The van der Waals surface area contributed by atoms with Crippen molar-refractivity contribution in [2.75, 3.05) is 18.5 Å². The third-order valence-electron chi connectivity index (χ3n) is 4.08. The van der Waals surface area contributed by atoms with E-state index in [1.165, 1.54) is 5.56 Å². The number of amides is 2. The minimum absolute atomic E-state index is 0.0862. The van der Waals surface area contributed by atoms with Crippen LogP contribution < -0.4 is 15.4 Å². The zero-order valence-corrected chi connectivity index (χ0v) is 15.8. The van der Waals surface area contributed by atoms with Gasteiger partial charge in [-0.2, -0.15) is 0 Å². The van der Waals surface area contributed by atoms with Gasteiger partial charge in [-0.15, -0.1) is 0 Å². The van der Waals surface area contributed by atoms with Crippen molar-refractivity contribution in [3.8, 4) is 5.75 Å². The molecule has 2 amide bonds. The summed E-state index contributed by atoms with van der Waals surface area (Å²) >= 11 is 0. The Bertz CT molecular complexity index is 713. The van der Waals surface area contributed by atoms with E-state index in [1.54, 1.807) is 0 Å². The maximum atomic E-state index is 12.0. The van der Waals surface area contributed by atoms with E-state index in [0.717, 1.165) is 22.6 Å². The summed E-state index contributed by atoms with van der Waals surface area (Å²) in [5, 5.41) is 5.73. The molecule has 2 N–H and O–H groups in total. The Balaban J connectivity index is 1.81. The zero-order valence-electron chi connectivity index (χ0n) is 15.8. The fourth-order valence-electron chi connectivity index (χ4n) is 2.56. The van der Waals surface area contributed by atoms with Gasteiger partial charge in [-0.1, -0.05) is 51.1 Å². The van der Waals surface area contributed by atoms with Crippen LogP contribution in [0.1, 0.15) is 37.5 Å². The maximum absolute atomic E-state index is 12.0. The standard InChI is InChI=1S/C21H28N2O2/c1-15-8-6-9-16(2)19(15)23-20(24)22-12-13-25-18-11-7-10-17(14-18)21(3,4)5/h6-11,14H,12-13H2,1-5H3,(H2,22,23,24). The lowest BCUT2D eigenvalue weighted by Gasteiger charge is -2.19. The second kappa shape index (κ2) is 8.06. The van der Waals surface area contributed by atoms with Crippen LogP contribution in [0.25, 0.3) is 0 Å². The van der Waals surface area contributed by atoms with E-state index in [2.05, 4.69) is 43.5 Å². The first-order valence-corrected chi connectivity index (χ1v) is 8.62. The lowest BCUT2D eigenvalue weighted by atomic mass is 9.87. The quantitative estimate of drug-likeness (QED) is 0.768. The van der Waals surface area contributed by atoms with Crippen LogP contribution in [0.5, 0.6) is 5.75 Å². The van der Waals surface area contributed by atoms with Crippen molar-refractivity contribution in [3.63, 3.8) is 0 Å². The van der Waals surface area contributed by atoms with Gasteiger partial charge in [0.2, 0.25) is 0 Å². The summed E-state index contributed by atoms with van der Waals surface area (Å²) in [6.07, 6.45) is 0. The summed E-state index contributed by atoms with van der Waals surface area (Å²) in [5.74, 6) is 0.824. The Morgan fingerprint density at radius 2 is 1.68 bits per heavy atom. The lowest BCUT2D eigenvalue weighted by Crippen LogP contribution is -2.32. The third-order valence-corrected chi connectivity index (χ3v) is 4.08. The number of hydrogen-bond donors (Lipinski definition) is 2. The van der Waals surface area contributed by atoms with Crippen LogP contribution in [0.2, 0.25) is 0 Å². The molecule has 4 nitrogen and oxygen atoms in total. The molecule has 0 aromatic heterocycles. The van der Waals surface area contributed by atoms with Gasteiger partial charge in [-0.25, -0.2) is 4.79 Å². The third kappa shape index (κ3) is 5.52. The van der Waals surface area contributed by atoms with Crippen LogP contribution in [-0.2, 0) is 5.41 Å². The smallest absolute Gasteiger partial charge is 0.319 e. The van der Waals surface area contributed by atoms with Gasteiger partial charge >= 0.3 is 6.03 Å². The predicted octanol–water partition coefficient (Wildman–Crippen LogP) is 4.80. The number of nitrogens with one attached hydrogen (secondary N) is 2. The van der Waals surface area contributed by atoms with Crippen molar-refractivity contribution in [2.24, 2.45) is 0 Å². The largest absolute Gasteiger partial charge is 0.492 e. The highest BCUT2D eigenvalue weighted by atomic mass is 16.5. The molecule has 2 rings (SSSR count). The van der Waals surface area contributed by atoms with Gasteiger partial charge in [0, 0.05) is 5.69 Å². The van der Waals surface area contributed by atoms with E-state index in [0.29, 0.717) is 13.2 Å². The average Bonchev–Trinajstić information content (AvgIpc) is 2.55. The number of ether oxygens (including phenoxy) is 1. The summed E-state index contributed by atoms with van der Waals surface area (Å²) in [5.41, 5.74) is 4.27. The molecule has 0 heterocycles. The van der Waals surface area contributed by atoms with E-state index in [9.17, 15) is 4.79 Å². The van der Waals surface area contributed by atoms with E-state index >= 15 is 0 Å². The molecule has 4 heteroatoms. The first kappa shape index (κ1) is 18.8. The number of para-hydroxylation sites is 1. The molecule has 0 saturated heterocycles. The second-order valence-electron chi connectivity index (χ2n) is 7.27. The number of carbonyl (C=O) groups is 1. The number of aryl methyl sites for hydroxylation is 2. The molecular formula is C21H28N2O2. The van der Waals surface area contributed by atoms with Crippen LogP contribution in [-0.4, -0.2) is 19.2 Å². The molecule has 134 valence electrons. The molecule has 0 bridgehead atoms. The summed E-state index contributed by atoms with van der Waals surface area (Å²) in [6.45, 7) is 11.3. The van der Waals surface area contributed by atoms with E-state index < -0.39 is 0 Å². The van der Waals surface area contributed by atoms with Crippen LogP contribution in [0, 0.1) is 13.8 Å². The number of urea groups is 1. The molecule has 0 radical (unpaired) electrons. The summed E-state index contributed by atoms with van der Waals surface area (Å²) in [7, 11) is 0. The fourth-order valence-corrected chi connectivity index (χ4v) is 2.56. The molecule has 2 aromatic carbocycles. The molecule has 2 aromatic rings. The van der Waals surface area contributed by atoms with Crippen molar-refractivity contribution >= 4 is 11.7 Å². The van der Waals surface area contributed by atoms with E-state index in [-0.39, 0.29) is 11.4 Å². The molecule has 0 aliphatic carbocycles. The van der Waals surface area contributed by atoms with Gasteiger partial charge in [0.1, 0.15) is 12.4 Å². The van der Waals surface area contributed by atoms with Crippen LogP contribution in [0.4, 0.5) is 10.5 Å². The highest BCUT2D eigenvalue weighted by Crippen LogP contribution is 2.25. The van der Waals surface area contributed by atoms with Crippen LogP contribution in [0.3, 0.4) is 0 Å². The van der Waals surface area contributed by atoms with Gasteiger partial charge in [0.15, 0.2) is 0 Å². The lowest BCUT2D eigenvalue weighted by molar-refractivity contribution is 0.247. The normalized spacial score (nSPS) is 11.1. The predicted molar refractivity (Wildman–Crippen MR) is 104 cm³/mol. The number of anilines is 1. The van der Waals surface area contributed by atoms with Gasteiger partial charge in [-0.05, 0) is 48.1 Å². The summed E-state index contributed by atoms with van der Waals surface area (Å²) < 4.78 is 5.75. The fraction of sp³-hybridized carbons (Fsp3) is 0.381. The molecule has 25 heavy (non-hydrogen) atoms. The molecule has 0 spiro atoms. The Kier molecular flexibility index (Phi) is 6.07. The van der Waals surface area contributed by atoms with Crippen LogP contribution >= 0.6 is 0 Å². The number of hydrogen-bond acceptors (Lipinski definition) is 2. The number of carbonyl (C=O) groups excluding carboxylic acids is 1. The minimum Gasteiger partial charge on any atom is -0.492 e. The second-order valence-corrected chi connectivity index (χ2v) is 7.27. The Morgan fingerprint density at radius 1 is 1.04 bits per heavy atom. The Morgan fingerprint density at radius 3 is 2.32 bits per heavy atom. The molecule has 0 unspecified atom stereocenters. The molecule has 0 saturated carbocycles. The first-order chi connectivity index (χ1) is 11.8. The van der Waals surface area contributed by atoms with Crippen molar-refractivity contribution < 1.29 is 9.53 Å². The van der Waals surface area contributed by atoms with Crippen molar-refractivity contribution in [1.29, 1.82) is 0 Å². The highest BCUT2D eigenvalue weighted by molar-refractivity contribution is 5.90. The summed E-state index contributed by atoms with van der Waals surface area (Å²) in [6, 6.07) is 13.8. The molecule has 0 aliphatic heterocycles. The van der Waals surface area contributed by atoms with Crippen molar-refractivity contribution in [2.45, 2.75) is 40.0 Å². The van der Waals surface area contributed by atoms with Gasteiger partial charge in [0.25, 0.3) is 0 Å². The van der Waals surface area contributed by atoms with Gasteiger partial charge in [-0.3, -0.25) is 0 Å². The molecule has 0 aliphatic rings. The highest BCUT2D eigenvalue weighted by Gasteiger charge is 2.13. The Hall–Kier alpha value is -2.49. The monoisotopic (exact) mass is 340 g/mol. The van der Waals surface area contributed by atoms with E-state index in [1.807, 2.05) is 44.2 Å². The van der Waals surface area contributed by atoms with Crippen LogP contribution in [0.15, 0.2) is 42.5 Å². The zero-order chi connectivity index (χ0) is 18.4. The number of benzene rings is 2. The average molecular weight is 340 g/mol. The van der Waals surface area contributed by atoms with Crippen molar-refractivity contribution in [1.82, 2.24) is 5.32 Å². The molecular weight excluding hydrogens is 312 g/mol. The first-order valence-electron chi connectivity index (χ1n) is 8.62. The summed E-state index contributed by atoms with van der Waals surface area (Å²) in [4.78, 5) is 12.0. The van der Waals surface area contributed by atoms with E-state index in [4.69, 9.17) is 4.74 Å². The maximum Gasteiger partial charge on any atom is 0.319 e.